The zero-order valence-corrected chi connectivity index (χ0v) is 18.3. The van der Waals surface area contributed by atoms with Gasteiger partial charge in [-0.3, -0.25) is 4.98 Å². The zero-order chi connectivity index (χ0) is 22.3. The van der Waals surface area contributed by atoms with Crippen molar-refractivity contribution < 1.29 is 19.7 Å². The number of benzene rings is 2. The second-order valence-corrected chi connectivity index (χ2v) is 8.83. The molecule has 3 heterocycles. The molecule has 1 aliphatic rings. The third-order valence-corrected chi connectivity index (χ3v) is 6.13. The van der Waals surface area contributed by atoms with E-state index in [0.29, 0.717) is 12.2 Å². The minimum atomic E-state index is -0.867. The topological polar surface area (TPSA) is 76.7 Å². The van der Waals surface area contributed by atoms with Crippen molar-refractivity contribution in [2.24, 2.45) is 0 Å². The first-order valence-electron chi connectivity index (χ1n) is 11.0. The van der Waals surface area contributed by atoms with Gasteiger partial charge in [-0.25, -0.2) is 0 Å². The van der Waals surface area contributed by atoms with Crippen LogP contribution in [0.3, 0.4) is 0 Å². The maximum atomic E-state index is 11.3. The van der Waals surface area contributed by atoms with E-state index in [2.05, 4.69) is 33.8 Å². The molecule has 4 aromatic rings. The quantitative estimate of drug-likeness (QED) is 0.478. The number of aliphatic hydroxyl groups excluding tert-OH is 2. The third kappa shape index (κ3) is 3.80. The highest BCUT2D eigenvalue weighted by molar-refractivity contribution is 6.08. The zero-order valence-electron chi connectivity index (χ0n) is 18.3. The maximum absolute atomic E-state index is 11.3. The first-order valence-corrected chi connectivity index (χ1v) is 11.0. The molecule has 2 aromatic carbocycles. The van der Waals surface area contributed by atoms with E-state index in [9.17, 15) is 10.2 Å². The summed E-state index contributed by atoms with van der Waals surface area (Å²) in [4.78, 5) is 4.60. The summed E-state index contributed by atoms with van der Waals surface area (Å²) in [7, 11) is 0. The molecule has 1 saturated heterocycles. The minimum absolute atomic E-state index is 0.160. The van der Waals surface area contributed by atoms with Gasteiger partial charge >= 0.3 is 0 Å². The number of aliphatic hydroxyl groups is 2. The Morgan fingerprint density at radius 2 is 1.69 bits per heavy atom. The number of hydrogen-bond donors (Lipinski definition) is 2. The molecular weight excluding hydrogens is 404 g/mol. The Morgan fingerprint density at radius 1 is 0.969 bits per heavy atom. The number of hydrogen-bond acceptors (Lipinski definition) is 5. The summed E-state index contributed by atoms with van der Waals surface area (Å²) < 4.78 is 14.0. The molecule has 0 aliphatic carbocycles. The summed E-state index contributed by atoms with van der Waals surface area (Å²) in [6, 6.07) is 20.6. The van der Waals surface area contributed by atoms with Crippen LogP contribution in [0, 0.1) is 0 Å². The van der Waals surface area contributed by atoms with Crippen molar-refractivity contribution in [1.29, 1.82) is 0 Å². The Kier molecular flexibility index (Phi) is 5.47. The molecule has 166 valence electrons. The van der Waals surface area contributed by atoms with Crippen LogP contribution in [0.15, 0.2) is 66.9 Å². The number of aromatic nitrogens is 2. The smallest absolute Gasteiger partial charge is 0.163 e. The van der Waals surface area contributed by atoms with E-state index in [4.69, 9.17) is 9.47 Å². The van der Waals surface area contributed by atoms with Gasteiger partial charge in [-0.2, -0.15) is 0 Å². The van der Waals surface area contributed by atoms with Crippen LogP contribution in [-0.2, 0) is 16.0 Å². The van der Waals surface area contributed by atoms with Crippen LogP contribution in [0.2, 0.25) is 0 Å². The molecule has 32 heavy (non-hydrogen) atoms. The lowest BCUT2D eigenvalue weighted by molar-refractivity contribution is -0.150. The van der Waals surface area contributed by atoms with Gasteiger partial charge in [0.2, 0.25) is 0 Å². The van der Waals surface area contributed by atoms with Crippen molar-refractivity contribution in [1.82, 2.24) is 9.55 Å². The Hall–Kier alpha value is -2.77. The van der Waals surface area contributed by atoms with Crippen molar-refractivity contribution in [3.63, 3.8) is 0 Å². The van der Waals surface area contributed by atoms with E-state index in [1.54, 1.807) is 6.20 Å². The summed E-state index contributed by atoms with van der Waals surface area (Å²) in [6.07, 6.45) is 0.268. The normalized spacial score (nSPS) is 21.4. The van der Waals surface area contributed by atoms with Crippen LogP contribution in [0.5, 0.6) is 0 Å². The average molecular weight is 433 g/mol. The molecule has 0 spiro atoms. The highest BCUT2D eigenvalue weighted by Crippen LogP contribution is 2.37. The number of ether oxygens (including phenoxy) is 2. The highest BCUT2D eigenvalue weighted by Gasteiger charge is 2.42. The summed E-state index contributed by atoms with van der Waals surface area (Å²) >= 11 is 0. The van der Waals surface area contributed by atoms with E-state index in [-0.39, 0.29) is 13.0 Å². The SMILES string of the molecule is CC1(C)OC(CO)C(CC(O)c2nccc3c4ccccc4n(Cc4ccccc4)c23)O1. The van der Waals surface area contributed by atoms with Gasteiger partial charge < -0.3 is 24.3 Å². The van der Waals surface area contributed by atoms with Crippen LogP contribution in [0.25, 0.3) is 21.8 Å². The maximum Gasteiger partial charge on any atom is 0.163 e. The van der Waals surface area contributed by atoms with Crippen LogP contribution < -0.4 is 0 Å². The predicted molar refractivity (Wildman–Crippen MR) is 123 cm³/mol. The molecule has 6 nitrogen and oxygen atoms in total. The van der Waals surface area contributed by atoms with Gasteiger partial charge in [-0.1, -0.05) is 48.5 Å². The second kappa shape index (κ2) is 8.30. The van der Waals surface area contributed by atoms with Gasteiger partial charge in [0, 0.05) is 35.5 Å². The molecule has 0 amide bonds. The highest BCUT2D eigenvalue weighted by atomic mass is 16.8. The summed E-state index contributed by atoms with van der Waals surface area (Å²) in [5.41, 5.74) is 3.81. The van der Waals surface area contributed by atoms with Crippen LogP contribution >= 0.6 is 0 Å². The fourth-order valence-corrected chi connectivity index (χ4v) is 4.80. The van der Waals surface area contributed by atoms with Crippen molar-refractivity contribution in [2.75, 3.05) is 6.61 Å². The van der Waals surface area contributed by atoms with Crippen molar-refractivity contribution >= 4 is 21.8 Å². The first kappa shape index (κ1) is 21.1. The van der Waals surface area contributed by atoms with Crippen molar-refractivity contribution in [2.45, 2.75) is 50.9 Å². The number of pyridine rings is 1. The number of rotatable bonds is 6. The Balaban J connectivity index is 1.59. The molecule has 2 N–H and O–H groups in total. The summed E-state index contributed by atoms with van der Waals surface area (Å²) in [6.45, 7) is 4.15. The van der Waals surface area contributed by atoms with E-state index in [1.807, 2.05) is 50.2 Å². The number of para-hydroxylation sites is 1. The van der Waals surface area contributed by atoms with Crippen LogP contribution in [-0.4, -0.2) is 44.4 Å². The Morgan fingerprint density at radius 3 is 2.47 bits per heavy atom. The molecule has 6 heteroatoms. The van der Waals surface area contributed by atoms with Crippen molar-refractivity contribution in [3.05, 3.63) is 78.1 Å². The molecule has 0 radical (unpaired) electrons. The fraction of sp³-hybridized carbons (Fsp3) is 0.346. The minimum Gasteiger partial charge on any atom is -0.394 e. The van der Waals surface area contributed by atoms with Gasteiger partial charge in [0.1, 0.15) is 12.2 Å². The van der Waals surface area contributed by atoms with E-state index >= 15 is 0 Å². The van der Waals surface area contributed by atoms with Crippen LogP contribution in [0.1, 0.15) is 37.6 Å². The van der Waals surface area contributed by atoms with Gasteiger partial charge in [0.15, 0.2) is 5.79 Å². The lowest BCUT2D eigenvalue weighted by atomic mass is 10.0. The second-order valence-electron chi connectivity index (χ2n) is 8.83. The molecule has 0 bridgehead atoms. The van der Waals surface area contributed by atoms with E-state index < -0.39 is 24.1 Å². The van der Waals surface area contributed by atoms with E-state index in [1.165, 1.54) is 5.56 Å². The predicted octanol–water partition coefficient (Wildman–Crippen LogP) is 4.17. The van der Waals surface area contributed by atoms with E-state index in [0.717, 1.165) is 21.8 Å². The Labute approximate surface area is 187 Å². The van der Waals surface area contributed by atoms with Crippen LogP contribution in [0.4, 0.5) is 0 Å². The molecular formula is C26H28N2O4. The Bertz CT molecular complexity index is 1230. The summed E-state index contributed by atoms with van der Waals surface area (Å²) in [5.74, 6) is -0.792. The first-order chi connectivity index (χ1) is 15.5. The molecule has 2 aromatic heterocycles. The number of nitrogens with zero attached hydrogens (tertiary/aromatic N) is 2. The molecule has 0 saturated carbocycles. The molecule has 3 atom stereocenters. The number of fused-ring (bicyclic) bond motifs is 3. The summed E-state index contributed by atoms with van der Waals surface area (Å²) in [5, 5.41) is 23.2. The van der Waals surface area contributed by atoms with Gasteiger partial charge in [0.25, 0.3) is 0 Å². The van der Waals surface area contributed by atoms with Gasteiger partial charge in [-0.15, -0.1) is 0 Å². The standard InChI is InChI=1S/C26H28N2O4/c1-26(2)31-22(23(16-29)32-26)14-21(30)24-25-19(12-13-27-24)18-10-6-7-11-20(18)28(25)15-17-8-4-3-5-9-17/h3-13,21-23,29-30H,14-16H2,1-2H3. The lowest BCUT2D eigenvalue weighted by Crippen LogP contribution is -2.28. The largest absolute Gasteiger partial charge is 0.394 e. The fourth-order valence-electron chi connectivity index (χ4n) is 4.80. The lowest BCUT2D eigenvalue weighted by Gasteiger charge is -2.20. The molecule has 3 unspecified atom stereocenters. The van der Waals surface area contributed by atoms with Gasteiger partial charge in [-0.05, 0) is 31.5 Å². The monoisotopic (exact) mass is 432 g/mol. The van der Waals surface area contributed by atoms with Gasteiger partial charge in [0.05, 0.1) is 23.9 Å². The molecule has 1 fully saturated rings. The molecule has 5 rings (SSSR count). The van der Waals surface area contributed by atoms with Crippen molar-refractivity contribution in [3.8, 4) is 0 Å². The third-order valence-electron chi connectivity index (χ3n) is 6.13. The molecule has 1 aliphatic heterocycles. The average Bonchev–Trinajstić information content (AvgIpc) is 3.28.